The third kappa shape index (κ3) is 3.84. The monoisotopic (exact) mass is 357 g/mol. The third-order valence-corrected chi connectivity index (χ3v) is 5.17. The fourth-order valence-corrected chi connectivity index (χ4v) is 3.32. The summed E-state index contributed by atoms with van der Waals surface area (Å²) in [6, 6.07) is 3.56. The number of pyridine rings is 1. The first-order chi connectivity index (χ1) is 9.70. The first-order valence-corrected chi connectivity index (χ1v) is 7.98. The molecular formula is C10H7ClF3N3O2S2. The van der Waals surface area contributed by atoms with Gasteiger partial charge in [-0.1, -0.05) is 17.7 Å². The number of hydrogen-bond acceptors (Lipinski definition) is 5. The molecule has 0 aliphatic carbocycles. The quantitative estimate of drug-likeness (QED) is 0.825. The Morgan fingerprint density at radius 1 is 1.33 bits per heavy atom. The van der Waals surface area contributed by atoms with Crippen LogP contribution in [0.1, 0.15) is 5.56 Å². The van der Waals surface area contributed by atoms with Crippen LogP contribution in [0.4, 0.5) is 19.0 Å². The van der Waals surface area contributed by atoms with Crippen LogP contribution < -0.4 is 10.3 Å². The highest BCUT2D eigenvalue weighted by Gasteiger charge is 2.31. The van der Waals surface area contributed by atoms with E-state index in [1.807, 2.05) is 4.83 Å². The molecule has 2 heterocycles. The summed E-state index contributed by atoms with van der Waals surface area (Å²) in [5.74, 6) is -0.232. The molecule has 0 bridgehead atoms. The van der Waals surface area contributed by atoms with Crippen molar-refractivity contribution in [3.8, 4) is 0 Å². The van der Waals surface area contributed by atoms with Gasteiger partial charge in [0.15, 0.2) is 5.82 Å². The summed E-state index contributed by atoms with van der Waals surface area (Å²) in [5.41, 5.74) is 1.15. The highest BCUT2D eigenvalue weighted by molar-refractivity contribution is 7.91. The molecule has 5 nitrogen and oxygen atoms in total. The number of rotatable bonds is 4. The molecule has 2 aromatic rings. The molecule has 11 heteroatoms. The zero-order chi connectivity index (χ0) is 15.7. The minimum absolute atomic E-state index is 0.0398. The van der Waals surface area contributed by atoms with Gasteiger partial charge >= 0.3 is 6.18 Å². The van der Waals surface area contributed by atoms with E-state index in [1.165, 1.54) is 6.07 Å². The van der Waals surface area contributed by atoms with Crippen molar-refractivity contribution in [3.05, 3.63) is 40.4 Å². The molecule has 2 N–H and O–H groups in total. The first kappa shape index (κ1) is 16.0. The van der Waals surface area contributed by atoms with Gasteiger partial charge in [0.2, 0.25) is 0 Å². The molecule has 0 fully saturated rings. The molecule has 0 atom stereocenters. The SMILES string of the molecule is O=S(=O)(NNc1ncc(C(F)(F)F)cc1Cl)c1cccs1. The van der Waals surface area contributed by atoms with Crippen LogP contribution in [0.2, 0.25) is 5.02 Å². The van der Waals surface area contributed by atoms with Gasteiger partial charge in [0.1, 0.15) is 4.21 Å². The van der Waals surface area contributed by atoms with E-state index in [2.05, 4.69) is 10.4 Å². The minimum Gasteiger partial charge on any atom is -0.291 e. The smallest absolute Gasteiger partial charge is 0.291 e. The van der Waals surface area contributed by atoms with Crippen LogP contribution in [-0.4, -0.2) is 13.4 Å². The Hall–Kier alpha value is -1.36. The Bertz CT molecular complexity index is 733. The second kappa shape index (κ2) is 5.79. The Balaban J connectivity index is 2.15. The van der Waals surface area contributed by atoms with Crippen LogP contribution in [0.15, 0.2) is 34.0 Å². The lowest BCUT2D eigenvalue weighted by Crippen LogP contribution is -2.29. The summed E-state index contributed by atoms with van der Waals surface area (Å²) in [5, 5.41) is 1.21. The molecule has 2 aromatic heterocycles. The van der Waals surface area contributed by atoms with E-state index in [4.69, 9.17) is 11.6 Å². The predicted molar refractivity (Wildman–Crippen MR) is 72.5 cm³/mol. The fourth-order valence-electron chi connectivity index (χ4n) is 1.27. The summed E-state index contributed by atoms with van der Waals surface area (Å²) in [4.78, 5) is 5.42. The number of halogens is 4. The van der Waals surface area contributed by atoms with E-state index >= 15 is 0 Å². The number of nitrogens with zero attached hydrogens (tertiary/aromatic N) is 1. The Morgan fingerprint density at radius 2 is 2.05 bits per heavy atom. The number of aromatic nitrogens is 1. The van der Waals surface area contributed by atoms with Crippen molar-refractivity contribution in [2.75, 3.05) is 5.43 Å². The average Bonchev–Trinajstić information content (AvgIpc) is 2.90. The second-order valence-electron chi connectivity index (χ2n) is 3.71. The summed E-state index contributed by atoms with van der Waals surface area (Å²) in [6.07, 6.45) is -4.03. The lowest BCUT2D eigenvalue weighted by molar-refractivity contribution is -0.137. The summed E-state index contributed by atoms with van der Waals surface area (Å²) < 4.78 is 60.9. The number of alkyl halides is 3. The number of hydrazine groups is 1. The normalized spacial score (nSPS) is 12.4. The Labute approximate surface area is 126 Å². The molecule has 0 aromatic carbocycles. The third-order valence-electron chi connectivity index (χ3n) is 2.23. The zero-order valence-corrected chi connectivity index (χ0v) is 12.4. The van der Waals surface area contributed by atoms with Gasteiger partial charge in [-0.2, -0.15) is 13.2 Å². The molecule has 0 aliphatic heterocycles. The van der Waals surface area contributed by atoms with Crippen LogP contribution >= 0.6 is 22.9 Å². The lowest BCUT2D eigenvalue weighted by atomic mass is 10.3. The molecule has 0 radical (unpaired) electrons. The van der Waals surface area contributed by atoms with E-state index in [0.717, 1.165) is 11.3 Å². The van der Waals surface area contributed by atoms with Crippen molar-refractivity contribution in [2.45, 2.75) is 10.4 Å². The molecule has 0 aliphatic rings. The molecule has 0 spiro atoms. The van der Waals surface area contributed by atoms with Gasteiger partial charge in [-0.15, -0.1) is 16.2 Å². The van der Waals surface area contributed by atoms with Crippen molar-refractivity contribution in [1.29, 1.82) is 0 Å². The molecule has 2 rings (SSSR count). The van der Waals surface area contributed by atoms with Crippen LogP contribution in [0.5, 0.6) is 0 Å². The average molecular weight is 358 g/mol. The van der Waals surface area contributed by atoms with Crippen molar-refractivity contribution in [3.63, 3.8) is 0 Å². The molecular weight excluding hydrogens is 351 g/mol. The topological polar surface area (TPSA) is 71.1 Å². The maximum absolute atomic E-state index is 12.4. The van der Waals surface area contributed by atoms with Crippen molar-refractivity contribution in [1.82, 2.24) is 9.82 Å². The van der Waals surface area contributed by atoms with E-state index in [-0.39, 0.29) is 15.0 Å². The number of thiophene rings is 1. The van der Waals surface area contributed by atoms with Crippen LogP contribution in [0.25, 0.3) is 0 Å². The molecule has 0 amide bonds. The Morgan fingerprint density at radius 3 is 2.57 bits per heavy atom. The minimum atomic E-state index is -4.58. The van der Waals surface area contributed by atoms with Crippen molar-refractivity contribution in [2.24, 2.45) is 0 Å². The van der Waals surface area contributed by atoms with Crippen molar-refractivity contribution >= 4 is 38.8 Å². The van der Waals surface area contributed by atoms with Gasteiger partial charge in [0.05, 0.1) is 10.6 Å². The van der Waals surface area contributed by atoms with E-state index in [9.17, 15) is 21.6 Å². The highest BCUT2D eigenvalue weighted by Crippen LogP contribution is 2.32. The van der Waals surface area contributed by atoms with E-state index in [0.29, 0.717) is 12.3 Å². The number of anilines is 1. The van der Waals surface area contributed by atoms with E-state index in [1.54, 1.807) is 11.4 Å². The largest absolute Gasteiger partial charge is 0.417 e. The summed E-state index contributed by atoms with van der Waals surface area (Å²) in [6.45, 7) is 0. The summed E-state index contributed by atoms with van der Waals surface area (Å²) >= 11 is 6.61. The summed E-state index contributed by atoms with van der Waals surface area (Å²) in [7, 11) is -3.83. The first-order valence-electron chi connectivity index (χ1n) is 5.24. The van der Waals surface area contributed by atoms with Crippen molar-refractivity contribution < 1.29 is 21.6 Å². The number of nitrogens with one attached hydrogen (secondary N) is 2. The van der Waals surface area contributed by atoms with Gasteiger partial charge in [0, 0.05) is 6.20 Å². The highest BCUT2D eigenvalue weighted by atomic mass is 35.5. The van der Waals surface area contributed by atoms with Crippen LogP contribution in [0.3, 0.4) is 0 Å². The molecule has 21 heavy (non-hydrogen) atoms. The van der Waals surface area contributed by atoms with E-state index < -0.39 is 21.8 Å². The number of sulfonamides is 1. The van der Waals surface area contributed by atoms with Crippen LogP contribution in [-0.2, 0) is 16.2 Å². The van der Waals surface area contributed by atoms with Gasteiger partial charge in [-0.25, -0.2) is 13.4 Å². The van der Waals surface area contributed by atoms with Gasteiger partial charge in [0.25, 0.3) is 10.0 Å². The predicted octanol–water partition coefficient (Wildman–Crippen LogP) is 3.12. The lowest BCUT2D eigenvalue weighted by Gasteiger charge is -2.11. The maximum Gasteiger partial charge on any atom is 0.417 e. The maximum atomic E-state index is 12.4. The van der Waals surface area contributed by atoms with Crippen LogP contribution in [0, 0.1) is 0 Å². The molecule has 0 saturated carbocycles. The Kier molecular flexibility index (Phi) is 4.42. The molecule has 0 saturated heterocycles. The standard InChI is InChI=1S/C10H7ClF3N3O2S2/c11-7-4-6(10(12,13)14)5-15-9(7)16-17-21(18,19)8-2-1-3-20-8/h1-5,17H,(H,15,16). The molecule has 0 unspecified atom stereocenters. The van der Waals surface area contributed by atoms with Gasteiger partial charge in [-0.3, -0.25) is 5.43 Å². The van der Waals surface area contributed by atoms with Gasteiger partial charge < -0.3 is 0 Å². The zero-order valence-electron chi connectivity index (χ0n) is 9.98. The van der Waals surface area contributed by atoms with Gasteiger partial charge in [-0.05, 0) is 17.5 Å². The second-order valence-corrected chi connectivity index (χ2v) is 6.98. The number of hydrogen-bond donors (Lipinski definition) is 2. The fraction of sp³-hybridized carbons (Fsp3) is 0.100. The molecule has 114 valence electrons.